The molecule has 2 aliphatic carbocycles. The first-order valence-corrected chi connectivity index (χ1v) is 7.58. The van der Waals surface area contributed by atoms with Gasteiger partial charge in [0.15, 0.2) is 5.65 Å². The number of fused-ring (bicyclic) bond motifs is 3. The van der Waals surface area contributed by atoms with Crippen LogP contribution in [0.2, 0.25) is 0 Å². The van der Waals surface area contributed by atoms with Crippen molar-refractivity contribution in [3.8, 4) is 0 Å². The summed E-state index contributed by atoms with van der Waals surface area (Å²) < 4.78 is 5.35. The molecule has 0 unspecified atom stereocenters. The quantitative estimate of drug-likeness (QED) is 0.872. The van der Waals surface area contributed by atoms with E-state index in [-0.39, 0.29) is 12.6 Å². The van der Waals surface area contributed by atoms with Gasteiger partial charge >= 0.3 is 5.97 Å². The zero-order valence-corrected chi connectivity index (χ0v) is 11.8. The molecule has 4 rings (SSSR count). The maximum atomic E-state index is 12.0. The van der Waals surface area contributed by atoms with Gasteiger partial charge in [0, 0.05) is 6.42 Å². The Morgan fingerprint density at radius 3 is 3.10 bits per heavy atom. The highest BCUT2D eigenvalue weighted by molar-refractivity contribution is 5.70. The molecule has 2 aliphatic rings. The van der Waals surface area contributed by atoms with E-state index >= 15 is 0 Å². The highest BCUT2D eigenvalue weighted by atomic mass is 16.5. The number of rotatable bonds is 4. The molecule has 6 nitrogen and oxygen atoms in total. The number of H-pyrrole nitrogens is 1. The maximum Gasteiger partial charge on any atom is 0.306 e. The number of ether oxygens (including phenoxy) is 1. The second kappa shape index (κ2) is 5.09. The first-order valence-electron chi connectivity index (χ1n) is 7.58. The van der Waals surface area contributed by atoms with Gasteiger partial charge in [0.2, 0.25) is 0 Å². The summed E-state index contributed by atoms with van der Waals surface area (Å²) in [7, 11) is 0. The minimum atomic E-state index is -0.112. The van der Waals surface area contributed by atoms with Crippen LogP contribution in [0, 0.1) is 17.8 Å². The molecule has 6 heteroatoms. The average molecular weight is 286 g/mol. The van der Waals surface area contributed by atoms with Gasteiger partial charge in [0.1, 0.15) is 24.3 Å². The van der Waals surface area contributed by atoms with Gasteiger partial charge in [-0.15, -0.1) is 0 Å². The Bertz CT molecular complexity index is 635. The van der Waals surface area contributed by atoms with Crippen LogP contribution in [-0.4, -0.2) is 25.9 Å². The predicted molar refractivity (Wildman–Crippen MR) is 75.0 cm³/mol. The van der Waals surface area contributed by atoms with Crippen LogP contribution in [0.15, 0.2) is 12.5 Å². The van der Waals surface area contributed by atoms with Gasteiger partial charge in [-0.05, 0) is 37.0 Å². The van der Waals surface area contributed by atoms with Crippen LogP contribution >= 0.6 is 0 Å². The zero-order chi connectivity index (χ0) is 14.2. The van der Waals surface area contributed by atoms with Crippen molar-refractivity contribution in [2.45, 2.75) is 38.7 Å². The van der Waals surface area contributed by atoms with Crippen molar-refractivity contribution in [2.24, 2.45) is 17.8 Å². The topological polar surface area (TPSA) is 80.8 Å². The van der Waals surface area contributed by atoms with Crippen molar-refractivity contribution in [3.63, 3.8) is 0 Å². The monoisotopic (exact) mass is 286 g/mol. The Morgan fingerprint density at radius 2 is 2.33 bits per heavy atom. The summed E-state index contributed by atoms with van der Waals surface area (Å²) in [5, 5.41) is 0. The third-order valence-corrected chi connectivity index (χ3v) is 4.89. The Hall–Kier alpha value is -1.98. The molecule has 2 saturated carbocycles. The molecule has 2 bridgehead atoms. The van der Waals surface area contributed by atoms with Crippen LogP contribution in [0.5, 0.6) is 0 Å². The van der Waals surface area contributed by atoms with Crippen molar-refractivity contribution in [3.05, 3.63) is 18.3 Å². The fourth-order valence-electron chi connectivity index (χ4n) is 3.93. The molecule has 2 aromatic heterocycles. The summed E-state index contributed by atoms with van der Waals surface area (Å²) in [6, 6.07) is 0. The van der Waals surface area contributed by atoms with Crippen molar-refractivity contribution in [2.75, 3.05) is 0 Å². The summed E-state index contributed by atoms with van der Waals surface area (Å²) in [6.45, 7) is 0.177. The molecular formula is C15H18N4O2. The number of aromatic amines is 1. The van der Waals surface area contributed by atoms with E-state index in [2.05, 4.69) is 19.9 Å². The molecule has 2 heterocycles. The van der Waals surface area contributed by atoms with Gasteiger partial charge in [-0.1, -0.05) is 6.42 Å². The molecule has 0 aliphatic heterocycles. The largest absolute Gasteiger partial charge is 0.458 e. The van der Waals surface area contributed by atoms with Crippen LogP contribution in [-0.2, 0) is 16.1 Å². The van der Waals surface area contributed by atoms with E-state index in [0.29, 0.717) is 23.8 Å². The zero-order valence-electron chi connectivity index (χ0n) is 11.8. The summed E-state index contributed by atoms with van der Waals surface area (Å²) in [5.41, 5.74) is 1.36. The Balaban J connectivity index is 1.32. The van der Waals surface area contributed by atoms with Crippen LogP contribution in [0.3, 0.4) is 0 Å². The molecule has 1 N–H and O–H groups in total. The lowest BCUT2D eigenvalue weighted by Gasteiger charge is -2.20. The van der Waals surface area contributed by atoms with Crippen molar-refractivity contribution in [1.82, 2.24) is 19.9 Å². The Morgan fingerprint density at radius 1 is 1.38 bits per heavy atom. The van der Waals surface area contributed by atoms with Gasteiger partial charge < -0.3 is 9.72 Å². The maximum absolute atomic E-state index is 12.0. The Labute approximate surface area is 122 Å². The highest BCUT2D eigenvalue weighted by Crippen LogP contribution is 2.49. The summed E-state index contributed by atoms with van der Waals surface area (Å²) >= 11 is 0. The first-order chi connectivity index (χ1) is 10.3. The smallest absolute Gasteiger partial charge is 0.306 e. The van der Waals surface area contributed by atoms with Crippen molar-refractivity contribution < 1.29 is 9.53 Å². The molecule has 0 spiro atoms. The highest BCUT2D eigenvalue weighted by Gasteiger charge is 2.40. The van der Waals surface area contributed by atoms with E-state index in [9.17, 15) is 4.79 Å². The summed E-state index contributed by atoms with van der Waals surface area (Å²) in [6.07, 6.45) is 8.85. The lowest BCUT2D eigenvalue weighted by atomic mass is 9.86. The molecule has 0 amide bonds. The predicted octanol–water partition coefficient (Wildman–Crippen LogP) is 2.22. The van der Waals surface area contributed by atoms with E-state index in [1.165, 1.54) is 32.0 Å². The van der Waals surface area contributed by atoms with Crippen LogP contribution < -0.4 is 0 Å². The number of esters is 1. The third-order valence-electron chi connectivity index (χ3n) is 4.89. The molecule has 0 radical (unpaired) electrons. The van der Waals surface area contributed by atoms with Crippen molar-refractivity contribution >= 4 is 17.1 Å². The molecule has 110 valence electrons. The molecule has 2 fully saturated rings. The number of hydrogen-bond donors (Lipinski definition) is 1. The van der Waals surface area contributed by atoms with E-state index in [0.717, 1.165) is 17.4 Å². The van der Waals surface area contributed by atoms with Gasteiger partial charge in [-0.2, -0.15) is 0 Å². The van der Waals surface area contributed by atoms with Crippen LogP contribution in [0.4, 0.5) is 0 Å². The van der Waals surface area contributed by atoms with Gasteiger partial charge in [0.25, 0.3) is 0 Å². The van der Waals surface area contributed by atoms with Crippen molar-refractivity contribution in [1.29, 1.82) is 0 Å². The van der Waals surface area contributed by atoms with Gasteiger partial charge in [0.05, 0.1) is 6.20 Å². The lowest BCUT2D eigenvalue weighted by Crippen LogP contribution is -2.17. The molecule has 2 aromatic rings. The molecule has 0 aromatic carbocycles. The van der Waals surface area contributed by atoms with E-state index in [1.54, 1.807) is 6.20 Å². The van der Waals surface area contributed by atoms with Crippen LogP contribution in [0.25, 0.3) is 11.2 Å². The molecule has 3 atom stereocenters. The SMILES string of the molecule is O=C(C[C@H]1C[C@H]2CC[C@H]1C2)OCc1nc2ncncc2[nH]1. The number of carbonyl (C=O) groups excluding carboxylic acids is 1. The van der Waals surface area contributed by atoms with Gasteiger partial charge in [-0.25, -0.2) is 15.0 Å². The number of nitrogens with zero attached hydrogens (tertiary/aromatic N) is 3. The number of nitrogens with one attached hydrogen (secondary N) is 1. The fourth-order valence-corrected chi connectivity index (χ4v) is 3.93. The summed E-state index contributed by atoms with van der Waals surface area (Å²) in [4.78, 5) is 27.3. The Kier molecular flexibility index (Phi) is 3.09. The normalized spacial score (nSPS) is 27.3. The lowest BCUT2D eigenvalue weighted by molar-refractivity contribution is -0.146. The minimum Gasteiger partial charge on any atom is -0.458 e. The van der Waals surface area contributed by atoms with E-state index in [1.807, 2.05) is 0 Å². The fraction of sp³-hybridized carbons (Fsp3) is 0.600. The second-order valence-corrected chi connectivity index (χ2v) is 6.24. The standard InChI is InChI=1S/C15H18N4O2/c20-14(5-11-4-9-1-2-10(11)3-9)21-7-13-18-12-6-16-8-17-15(12)19-13/h6,8-11H,1-5,7H2,(H,16,17,18,19)/t9-,10-,11+/m0/s1. The number of imidazole rings is 1. The molecule has 21 heavy (non-hydrogen) atoms. The first kappa shape index (κ1) is 12.7. The van der Waals surface area contributed by atoms with E-state index < -0.39 is 0 Å². The van der Waals surface area contributed by atoms with Crippen LogP contribution in [0.1, 0.15) is 37.9 Å². The molecule has 0 saturated heterocycles. The third kappa shape index (κ3) is 2.50. The average Bonchev–Trinajstić information content (AvgIpc) is 3.19. The number of hydrogen-bond acceptors (Lipinski definition) is 5. The number of carbonyl (C=O) groups is 1. The van der Waals surface area contributed by atoms with Gasteiger partial charge in [-0.3, -0.25) is 4.79 Å². The van der Waals surface area contributed by atoms with E-state index in [4.69, 9.17) is 4.74 Å². The second-order valence-electron chi connectivity index (χ2n) is 6.24. The minimum absolute atomic E-state index is 0.112. The number of aromatic nitrogens is 4. The summed E-state index contributed by atoms with van der Waals surface area (Å²) in [5.74, 6) is 2.66. The molecular weight excluding hydrogens is 268 g/mol.